The molecule has 0 spiro atoms. The molecule has 0 radical (unpaired) electrons. The minimum atomic E-state index is 0.489. The maximum absolute atomic E-state index is 5.59. The van der Waals surface area contributed by atoms with Crippen molar-refractivity contribution >= 4 is 22.4 Å². The van der Waals surface area contributed by atoms with E-state index in [0.717, 1.165) is 6.54 Å². The van der Waals surface area contributed by atoms with Crippen molar-refractivity contribution in [2.75, 3.05) is 6.00 Å². The second-order valence-electron chi connectivity index (χ2n) is 3.20. The van der Waals surface area contributed by atoms with Gasteiger partial charge >= 0.3 is 0 Å². The highest BCUT2D eigenvalue weighted by Crippen LogP contribution is 2.17. The Morgan fingerprint density at radius 3 is 2.64 bits per heavy atom. The van der Waals surface area contributed by atoms with Gasteiger partial charge in [-0.05, 0) is 16.3 Å². The van der Waals surface area contributed by atoms with Crippen LogP contribution >= 0.6 is 11.6 Å². The van der Waals surface area contributed by atoms with Gasteiger partial charge in [-0.25, -0.2) is 0 Å². The number of alkyl halides is 1. The minimum Gasteiger partial charge on any atom is -0.300 e. The van der Waals surface area contributed by atoms with E-state index in [4.69, 9.17) is 11.6 Å². The number of benzene rings is 2. The third-order valence-electron chi connectivity index (χ3n) is 2.29. The Hall–Kier alpha value is -1.05. The lowest BCUT2D eigenvalue weighted by atomic mass is 10.0. The van der Waals surface area contributed by atoms with Gasteiger partial charge in [0.2, 0.25) is 0 Å². The molecule has 2 aromatic carbocycles. The fourth-order valence-electron chi connectivity index (χ4n) is 1.63. The fourth-order valence-corrected chi connectivity index (χ4v) is 1.72. The lowest BCUT2D eigenvalue weighted by Gasteiger charge is -2.05. The Morgan fingerprint density at radius 1 is 1.00 bits per heavy atom. The smallest absolute Gasteiger partial charge is 0.0716 e. The van der Waals surface area contributed by atoms with E-state index in [-0.39, 0.29) is 0 Å². The molecule has 14 heavy (non-hydrogen) atoms. The zero-order chi connectivity index (χ0) is 9.80. The van der Waals surface area contributed by atoms with Crippen LogP contribution in [0.3, 0.4) is 0 Å². The summed E-state index contributed by atoms with van der Waals surface area (Å²) in [6.07, 6.45) is 0. The molecule has 2 aromatic rings. The van der Waals surface area contributed by atoms with Crippen molar-refractivity contribution in [2.24, 2.45) is 0 Å². The quantitative estimate of drug-likeness (QED) is 0.600. The molecule has 0 aliphatic rings. The van der Waals surface area contributed by atoms with Crippen LogP contribution in [0.1, 0.15) is 5.56 Å². The van der Waals surface area contributed by atoms with E-state index < -0.39 is 0 Å². The highest BCUT2D eigenvalue weighted by Gasteiger charge is 1.98. The summed E-state index contributed by atoms with van der Waals surface area (Å²) in [7, 11) is 0. The Kier molecular flexibility index (Phi) is 3.02. The van der Waals surface area contributed by atoms with Gasteiger partial charge in [-0.15, -0.1) is 11.6 Å². The van der Waals surface area contributed by atoms with Crippen LogP contribution in [0.25, 0.3) is 10.8 Å². The van der Waals surface area contributed by atoms with Gasteiger partial charge in [0, 0.05) is 6.54 Å². The third kappa shape index (κ3) is 1.89. The normalized spacial score (nSPS) is 10.6. The van der Waals surface area contributed by atoms with E-state index >= 15 is 0 Å². The number of rotatable bonds is 3. The lowest BCUT2D eigenvalue weighted by molar-refractivity contribution is 0.796. The van der Waals surface area contributed by atoms with E-state index in [2.05, 4.69) is 47.8 Å². The van der Waals surface area contributed by atoms with Crippen LogP contribution in [-0.4, -0.2) is 6.00 Å². The molecule has 0 atom stereocenters. The zero-order valence-electron chi connectivity index (χ0n) is 7.83. The van der Waals surface area contributed by atoms with Gasteiger partial charge in [0.1, 0.15) is 0 Å². The molecule has 1 N–H and O–H groups in total. The van der Waals surface area contributed by atoms with E-state index in [0.29, 0.717) is 6.00 Å². The van der Waals surface area contributed by atoms with Crippen LogP contribution < -0.4 is 5.32 Å². The summed E-state index contributed by atoms with van der Waals surface area (Å²) in [6, 6.07) is 15.2. The summed E-state index contributed by atoms with van der Waals surface area (Å²) in [6.45, 7) is 0.824. The molecule has 0 unspecified atom stereocenters. The Bertz CT molecular complexity index is 420. The molecule has 0 bridgehead atoms. The maximum Gasteiger partial charge on any atom is 0.0716 e. The molecule has 0 fully saturated rings. The summed E-state index contributed by atoms with van der Waals surface area (Å²) in [5, 5.41) is 5.70. The topological polar surface area (TPSA) is 12.0 Å². The molecular weight excluding hydrogens is 194 g/mol. The first-order chi connectivity index (χ1) is 6.92. The number of hydrogen-bond acceptors (Lipinski definition) is 1. The van der Waals surface area contributed by atoms with E-state index in [1.807, 2.05) is 0 Å². The van der Waals surface area contributed by atoms with Crippen LogP contribution in [0, 0.1) is 0 Å². The molecular formula is C12H12ClN. The van der Waals surface area contributed by atoms with Gasteiger partial charge in [-0.1, -0.05) is 42.5 Å². The van der Waals surface area contributed by atoms with Crippen LogP contribution in [-0.2, 0) is 6.54 Å². The molecule has 72 valence electrons. The summed E-state index contributed by atoms with van der Waals surface area (Å²) >= 11 is 5.59. The van der Waals surface area contributed by atoms with Gasteiger partial charge in [0.25, 0.3) is 0 Å². The Balaban J connectivity index is 2.43. The monoisotopic (exact) mass is 205 g/mol. The predicted molar refractivity (Wildman–Crippen MR) is 61.5 cm³/mol. The molecule has 0 aliphatic heterocycles. The average Bonchev–Trinajstić information content (AvgIpc) is 2.26. The molecule has 0 saturated heterocycles. The maximum atomic E-state index is 5.59. The standard InChI is InChI=1S/C12H12ClN/c13-9-14-8-11-6-3-5-10-4-1-2-7-12(10)11/h1-7,14H,8-9H2. The molecule has 0 aromatic heterocycles. The summed E-state index contributed by atoms with van der Waals surface area (Å²) in [5.74, 6) is 0. The fraction of sp³-hybridized carbons (Fsp3) is 0.167. The predicted octanol–water partition coefficient (Wildman–Crippen LogP) is 3.13. The van der Waals surface area contributed by atoms with Gasteiger partial charge in [0.15, 0.2) is 0 Å². The Labute approximate surface area is 88.7 Å². The SMILES string of the molecule is ClCNCc1cccc2ccccc12. The van der Waals surface area contributed by atoms with Crippen molar-refractivity contribution in [1.82, 2.24) is 5.32 Å². The summed E-state index contributed by atoms with van der Waals surface area (Å²) < 4.78 is 0. The van der Waals surface area contributed by atoms with Crippen LogP contribution in [0.15, 0.2) is 42.5 Å². The zero-order valence-corrected chi connectivity index (χ0v) is 8.59. The second kappa shape index (κ2) is 4.45. The van der Waals surface area contributed by atoms with Gasteiger partial charge < -0.3 is 0 Å². The summed E-state index contributed by atoms with van der Waals surface area (Å²) in [4.78, 5) is 0. The number of hydrogen-bond donors (Lipinski definition) is 1. The minimum absolute atomic E-state index is 0.489. The van der Waals surface area contributed by atoms with Crippen LogP contribution in [0.2, 0.25) is 0 Å². The first-order valence-electron chi connectivity index (χ1n) is 4.65. The first-order valence-corrected chi connectivity index (χ1v) is 5.18. The van der Waals surface area contributed by atoms with Crippen molar-refractivity contribution in [3.63, 3.8) is 0 Å². The molecule has 0 heterocycles. The second-order valence-corrected chi connectivity index (χ2v) is 3.47. The number of halogens is 1. The molecule has 0 saturated carbocycles. The third-order valence-corrected chi connectivity index (χ3v) is 2.48. The van der Waals surface area contributed by atoms with Crippen LogP contribution in [0.4, 0.5) is 0 Å². The number of fused-ring (bicyclic) bond motifs is 1. The first kappa shape index (κ1) is 9.50. The molecule has 0 amide bonds. The van der Waals surface area contributed by atoms with Gasteiger partial charge in [-0.2, -0.15) is 0 Å². The number of nitrogens with one attached hydrogen (secondary N) is 1. The molecule has 1 nitrogen and oxygen atoms in total. The van der Waals surface area contributed by atoms with Crippen molar-refractivity contribution < 1.29 is 0 Å². The van der Waals surface area contributed by atoms with Gasteiger partial charge in [0.05, 0.1) is 6.00 Å². The lowest BCUT2D eigenvalue weighted by Crippen LogP contribution is -2.10. The highest BCUT2D eigenvalue weighted by atomic mass is 35.5. The highest BCUT2D eigenvalue weighted by molar-refractivity contribution is 6.17. The molecule has 2 rings (SSSR count). The van der Waals surface area contributed by atoms with E-state index in [1.54, 1.807) is 0 Å². The van der Waals surface area contributed by atoms with Crippen molar-refractivity contribution in [1.29, 1.82) is 0 Å². The average molecular weight is 206 g/mol. The van der Waals surface area contributed by atoms with Crippen molar-refractivity contribution in [3.05, 3.63) is 48.0 Å². The molecule has 0 aliphatic carbocycles. The summed E-state index contributed by atoms with van der Waals surface area (Å²) in [5.41, 5.74) is 1.30. The van der Waals surface area contributed by atoms with Crippen LogP contribution in [0.5, 0.6) is 0 Å². The van der Waals surface area contributed by atoms with E-state index in [9.17, 15) is 0 Å². The van der Waals surface area contributed by atoms with Crippen molar-refractivity contribution in [3.8, 4) is 0 Å². The van der Waals surface area contributed by atoms with Crippen molar-refractivity contribution in [2.45, 2.75) is 6.54 Å². The Morgan fingerprint density at radius 2 is 1.79 bits per heavy atom. The largest absolute Gasteiger partial charge is 0.300 e. The van der Waals surface area contributed by atoms with E-state index in [1.165, 1.54) is 16.3 Å². The molecule has 2 heteroatoms. The van der Waals surface area contributed by atoms with Gasteiger partial charge in [-0.3, -0.25) is 5.32 Å².